The van der Waals surface area contributed by atoms with Crippen LogP contribution < -0.4 is 5.32 Å². The summed E-state index contributed by atoms with van der Waals surface area (Å²) in [6.45, 7) is 4.29. The highest BCUT2D eigenvalue weighted by Gasteiger charge is 2.28. The first kappa shape index (κ1) is 13.7. The molecule has 3 rings (SSSR count). The van der Waals surface area contributed by atoms with Crippen molar-refractivity contribution in [2.24, 2.45) is 5.92 Å². The predicted molar refractivity (Wildman–Crippen MR) is 77.8 cm³/mol. The highest BCUT2D eigenvalue weighted by atomic mass is 16.1. The average molecular weight is 285 g/mol. The molecule has 1 atom stereocenters. The van der Waals surface area contributed by atoms with Gasteiger partial charge >= 0.3 is 0 Å². The quantitative estimate of drug-likeness (QED) is 0.930. The maximum atomic E-state index is 11.5. The number of carbonyl (C=O) groups is 1. The van der Waals surface area contributed by atoms with E-state index < -0.39 is 0 Å². The molecule has 1 aliphatic rings. The third-order valence-electron chi connectivity index (χ3n) is 3.48. The molecule has 0 spiro atoms. The molecule has 0 radical (unpaired) electrons. The van der Waals surface area contributed by atoms with Gasteiger partial charge in [-0.15, -0.1) is 0 Å². The van der Waals surface area contributed by atoms with Crippen molar-refractivity contribution < 1.29 is 4.79 Å². The van der Waals surface area contributed by atoms with Crippen LogP contribution >= 0.6 is 0 Å². The monoisotopic (exact) mass is 285 g/mol. The van der Waals surface area contributed by atoms with E-state index in [9.17, 15) is 4.79 Å². The Morgan fingerprint density at radius 2 is 2.14 bits per heavy atom. The van der Waals surface area contributed by atoms with Crippen LogP contribution in [0.3, 0.4) is 0 Å². The third kappa shape index (κ3) is 2.94. The normalized spacial score (nSPS) is 18.2. The molecule has 21 heavy (non-hydrogen) atoms. The number of nitrogens with one attached hydrogen (secondary N) is 1. The number of pyridine rings is 1. The Bertz CT molecular complexity index is 635. The van der Waals surface area contributed by atoms with Gasteiger partial charge in [-0.1, -0.05) is 13.8 Å². The molecule has 0 bridgehead atoms. The summed E-state index contributed by atoms with van der Waals surface area (Å²) in [4.78, 5) is 20.2. The second-order valence-corrected chi connectivity index (χ2v) is 5.76. The first-order valence-corrected chi connectivity index (χ1v) is 7.29. The van der Waals surface area contributed by atoms with Crippen LogP contribution in [0.4, 0.5) is 0 Å². The maximum absolute atomic E-state index is 11.5. The van der Waals surface area contributed by atoms with E-state index in [1.807, 2.05) is 16.8 Å². The summed E-state index contributed by atoms with van der Waals surface area (Å²) in [5.74, 6) is 2.19. The first-order chi connectivity index (χ1) is 10.1. The predicted octanol–water partition coefficient (Wildman–Crippen LogP) is 1.81. The Balaban J connectivity index is 2.00. The molecule has 3 heterocycles. The number of carbonyl (C=O) groups excluding carboxylic acids is 1. The minimum Gasteiger partial charge on any atom is -0.346 e. The van der Waals surface area contributed by atoms with Gasteiger partial charge in [-0.2, -0.15) is 5.10 Å². The number of amides is 1. The molecular formula is C15H19N5O. The van der Waals surface area contributed by atoms with Crippen LogP contribution in [0.1, 0.15) is 44.4 Å². The van der Waals surface area contributed by atoms with Crippen LogP contribution in [0.2, 0.25) is 0 Å². The lowest BCUT2D eigenvalue weighted by molar-refractivity contribution is -0.119. The van der Waals surface area contributed by atoms with E-state index in [1.54, 1.807) is 12.4 Å². The zero-order valence-corrected chi connectivity index (χ0v) is 12.3. The van der Waals surface area contributed by atoms with E-state index in [4.69, 9.17) is 0 Å². The number of rotatable bonds is 4. The Kier molecular flexibility index (Phi) is 3.68. The molecule has 1 amide bonds. The molecule has 6 heteroatoms. The van der Waals surface area contributed by atoms with Crippen molar-refractivity contribution in [1.29, 1.82) is 0 Å². The van der Waals surface area contributed by atoms with Crippen LogP contribution in [0.5, 0.6) is 0 Å². The second kappa shape index (κ2) is 5.63. The fourth-order valence-electron chi connectivity index (χ4n) is 2.53. The van der Waals surface area contributed by atoms with E-state index >= 15 is 0 Å². The largest absolute Gasteiger partial charge is 0.346 e. The standard InChI is InChI=1S/C15H19N5O/c1-10(2)9-13-18-15(12-3-4-14(21)17-12)20(19-13)11-5-7-16-8-6-11/h5-8,10,12H,3-4,9H2,1-2H3,(H,17,21)/t12-/m1/s1. The number of aromatic nitrogens is 4. The van der Waals surface area contributed by atoms with Gasteiger partial charge in [-0.05, 0) is 24.5 Å². The summed E-state index contributed by atoms with van der Waals surface area (Å²) >= 11 is 0. The maximum Gasteiger partial charge on any atom is 0.220 e. The van der Waals surface area contributed by atoms with Crippen molar-refractivity contribution in [2.45, 2.75) is 39.2 Å². The fourth-order valence-corrected chi connectivity index (χ4v) is 2.53. The minimum atomic E-state index is -0.0564. The minimum absolute atomic E-state index is 0.0564. The second-order valence-electron chi connectivity index (χ2n) is 5.76. The van der Waals surface area contributed by atoms with Crippen molar-refractivity contribution in [1.82, 2.24) is 25.1 Å². The average Bonchev–Trinajstić information content (AvgIpc) is 3.05. The molecule has 2 aromatic heterocycles. The number of hydrogen-bond acceptors (Lipinski definition) is 4. The number of nitrogens with zero attached hydrogens (tertiary/aromatic N) is 4. The van der Waals surface area contributed by atoms with Crippen molar-refractivity contribution in [3.8, 4) is 5.69 Å². The molecule has 1 aliphatic heterocycles. The molecule has 0 unspecified atom stereocenters. The Morgan fingerprint density at radius 1 is 1.38 bits per heavy atom. The van der Waals surface area contributed by atoms with E-state index in [0.29, 0.717) is 12.3 Å². The number of hydrogen-bond donors (Lipinski definition) is 1. The fraction of sp³-hybridized carbons (Fsp3) is 0.467. The smallest absolute Gasteiger partial charge is 0.220 e. The molecule has 2 aromatic rings. The lowest BCUT2D eigenvalue weighted by Gasteiger charge is -2.10. The summed E-state index contributed by atoms with van der Waals surface area (Å²) in [6.07, 6.45) is 5.61. The zero-order chi connectivity index (χ0) is 14.8. The van der Waals surface area contributed by atoms with E-state index in [-0.39, 0.29) is 11.9 Å². The molecule has 6 nitrogen and oxygen atoms in total. The molecule has 0 aliphatic carbocycles. The van der Waals surface area contributed by atoms with Crippen molar-refractivity contribution >= 4 is 5.91 Å². The highest BCUT2D eigenvalue weighted by molar-refractivity contribution is 5.78. The lowest BCUT2D eigenvalue weighted by Crippen LogP contribution is -2.21. The molecule has 1 N–H and O–H groups in total. The molecule has 0 saturated carbocycles. The van der Waals surface area contributed by atoms with Crippen LogP contribution in [-0.4, -0.2) is 25.7 Å². The molecular weight excluding hydrogens is 266 g/mol. The Hall–Kier alpha value is -2.24. The molecule has 110 valence electrons. The van der Waals surface area contributed by atoms with Gasteiger partial charge < -0.3 is 5.32 Å². The van der Waals surface area contributed by atoms with Crippen molar-refractivity contribution in [3.63, 3.8) is 0 Å². The first-order valence-electron chi connectivity index (χ1n) is 7.29. The van der Waals surface area contributed by atoms with Crippen molar-refractivity contribution in [3.05, 3.63) is 36.2 Å². The Labute approximate surface area is 123 Å². The van der Waals surface area contributed by atoms with Gasteiger partial charge in [-0.25, -0.2) is 9.67 Å². The van der Waals surface area contributed by atoms with Gasteiger partial charge in [0.05, 0.1) is 11.7 Å². The van der Waals surface area contributed by atoms with Crippen molar-refractivity contribution in [2.75, 3.05) is 0 Å². The molecule has 0 aromatic carbocycles. The van der Waals surface area contributed by atoms with Crippen LogP contribution in [0, 0.1) is 5.92 Å². The lowest BCUT2D eigenvalue weighted by atomic mass is 10.1. The zero-order valence-electron chi connectivity index (χ0n) is 12.3. The van der Waals surface area contributed by atoms with Gasteiger partial charge in [0.1, 0.15) is 0 Å². The summed E-state index contributed by atoms with van der Waals surface area (Å²) in [7, 11) is 0. The van der Waals surface area contributed by atoms with Gasteiger partial charge in [0.25, 0.3) is 0 Å². The third-order valence-corrected chi connectivity index (χ3v) is 3.48. The highest BCUT2D eigenvalue weighted by Crippen LogP contribution is 2.24. The topological polar surface area (TPSA) is 72.7 Å². The van der Waals surface area contributed by atoms with Gasteiger partial charge in [0.2, 0.25) is 5.91 Å². The summed E-state index contributed by atoms with van der Waals surface area (Å²) in [6, 6.07) is 3.74. The van der Waals surface area contributed by atoms with E-state index in [1.165, 1.54) is 0 Å². The summed E-state index contributed by atoms with van der Waals surface area (Å²) in [5, 5.41) is 7.59. The van der Waals surface area contributed by atoms with E-state index in [0.717, 1.165) is 30.2 Å². The summed E-state index contributed by atoms with van der Waals surface area (Å²) in [5.41, 5.74) is 0.920. The SMILES string of the molecule is CC(C)Cc1nc([C@H]2CCC(=O)N2)n(-c2ccncc2)n1. The molecule has 1 fully saturated rings. The van der Waals surface area contributed by atoms with E-state index in [2.05, 4.69) is 34.2 Å². The van der Waals surface area contributed by atoms with Crippen LogP contribution in [0.25, 0.3) is 5.69 Å². The Morgan fingerprint density at radius 3 is 2.76 bits per heavy atom. The molecule has 1 saturated heterocycles. The summed E-state index contributed by atoms with van der Waals surface area (Å²) < 4.78 is 1.83. The van der Waals surface area contributed by atoms with Gasteiger partial charge in [-0.3, -0.25) is 9.78 Å². The van der Waals surface area contributed by atoms with Crippen LogP contribution in [-0.2, 0) is 11.2 Å². The van der Waals surface area contributed by atoms with Gasteiger partial charge in [0, 0.05) is 25.2 Å². The van der Waals surface area contributed by atoms with Crippen LogP contribution in [0.15, 0.2) is 24.5 Å². The van der Waals surface area contributed by atoms with Gasteiger partial charge in [0.15, 0.2) is 11.6 Å².